The lowest BCUT2D eigenvalue weighted by atomic mass is 9.98. The van der Waals surface area contributed by atoms with E-state index in [9.17, 15) is 14.4 Å². The lowest BCUT2D eigenvalue weighted by Crippen LogP contribution is -2.44. The molecule has 3 aromatic rings. The molecule has 0 aliphatic carbocycles. The molecule has 0 spiro atoms. The van der Waals surface area contributed by atoms with Gasteiger partial charge in [0.15, 0.2) is 0 Å². The number of aromatic nitrogens is 4. The van der Waals surface area contributed by atoms with Crippen LogP contribution in [0.4, 0.5) is 5.69 Å². The Labute approximate surface area is 165 Å². The second-order valence-electron chi connectivity index (χ2n) is 6.83. The molecule has 0 aromatic carbocycles. The molecule has 148 valence electrons. The monoisotopic (exact) mass is 393 g/mol. The summed E-state index contributed by atoms with van der Waals surface area (Å²) in [4.78, 5) is 46.7. The summed E-state index contributed by atoms with van der Waals surface area (Å²) in [5, 5.41) is 9.31. The SMILES string of the molecule is NC(=O)c1cncc(NC(=O)C(=O)N2CCCC[C@H]2c2ccc3[nH]ncc3n2)c1. The van der Waals surface area contributed by atoms with E-state index in [0.717, 1.165) is 24.1 Å². The molecule has 4 N–H and O–H groups in total. The molecule has 10 heteroatoms. The summed E-state index contributed by atoms with van der Waals surface area (Å²) in [5.41, 5.74) is 7.83. The molecule has 0 saturated carbocycles. The molecular formula is C19H19N7O3. The summed E-state index contributed by atoms with van der Waals surface area (Å²) < 4.78 is 0. The Morgan fingerprint density at radius 3 is 2.86 bits per heavy atom. The number of primary amides is 1. The largest absolute Gasteiger partial charge is 0.366 e. The summed E-state index contributed by atoms with van der Waals surface area (Å²) in [7, 11) is 0. The first-order valence-corrected chi connectivity index (χ1v) is 9.20. The van der Waals surface area contributed by atoms with Crippen LogP contribution < -0.4 is 11.1 Å². The lowest BCUT2D eigenvalue weighted by Gasteiger charge is -2.34. The average Bonchev–Trinajstić information content (AvgIpc) is 3.21. The van der Waals surface area contributed by atoms with Crippen molar-refractivity contribution in [2.45, 2.75) is 25.3 Å². The number of pyridine rings is 2. The Kier molecular flexibility index (Phi) is 4.90. The minimum atomic E-state index is -0.801. The first-order valence-electron chi connectivity index (χ1n) is 9.20. The summed E-state index contributed by atoms with van der Waals surface area (Å²) in [6, 6.07) is 4.79. The zero-order valence-corrected chi connectivity index (χ0v) is 15.5. The van der Waals surface area contributed by atoms with E-state index in [1.54, 1.807) is 11.1 Å². The van der Waals surface area contributed by atoms with E-state index in [1.165, 1.54) is 18.5 Å². The Morgan fingerprint density at radius 2 is 2.03 bits per heavy atom. The van der Waals surface area contributed by atoms with Crippen molar-refractivity contribution in [1.82, 2.24) is 25.1 Å². The quantitative estimate of drug-likeness (QED) is 0.569. The number of likely N-dealkylation sites (tertiary alicyclic amines) is 1. The number of piperidine rings is 1. The van der Waals surface area contributed by atoms with Gasteiger partial charge in [0, 0.05) is 12.7 Å². The summed E-state index contributed by atoms with van der Waals surface area (Å²) >= 11 is 0. The van der Waals surface area contributed by atoms with Gasteiger partial charge >= 0.3 is 11.8 Å². The molecule has 1 fully saturated rings. The molecule has 1 saturated heterocycles. The molecule has 0 bridgehead atoms. The lowest BCUT2D eigenvalue weighted by molar-refractivity contribution is -0.146. The number of carbonyl (C=O) groups is 3. The van der Waals surface area contributed by atoms with Crippen LogP contribution >= 0.6 is 0 Å². The highest BCUT2D eigenvalue weighted by Gasteiger charge is 2.32. The number of amides is 3. The zero-order chi connectivity index (χ0) is 20.4. The number of anilines is 1. The van der Waals surface area contributed by atoms with Crippen molar-refractivity contribution >= 4 is 34.4 Å². The maximum atomic E-state index is 12.9. The van der Waals surface area contributed by atoms with E-state index in [4.69, 9.17) is 5.73 Å². The Morgan fingerprint density at radius 1 is 1.17 bits per heavy atom. The Hall–Kier alpha value is -3.82. The van der Waals surface area contributed by atoms with Crippen LogP contribution in [-0.4, -0.2) is 49.3 Å². The van der Waals surface area contributed by atoms with E-state index < -0.39 is 17.7 Å². The molecule has 4 rings (SSSR count). The van der Waals surface area contributed by atoms with Crippen molar-refractivity contribution in [2.24, 2.45) is 5.73 Å². The molecule has 0 radical (unpaired) electrons. The number of nitrogens with one attached hydrogen (secondary N) is 2. The van der Waals surface area contributed by atoms with E-state index in [-0.39, 0.29) is 17.3 Å². The first-order chi connectivity index (χ1) is 14.0. The predicted octanol–water partition coefficient (Wildman–Crippen LogP) is 1.14. The minimum absolute atomic E-state index is 0.142. The van der Waals surface area contributed by atoms with Gasteiger partial charge in [-0.3, -0.25) is 24.5 Å². The van der Waals surface area contributed by atoms with Crippen LogP contribution in [0.25, 0.3) is 11.0 Å². The van der Waals surface area contributed by atoms with Gasteiger partial charge in [-0.2, -0.15) is 5.10 Å². The number of nitrogens with zero attached hydrogens (tertiary/aromatic N) is 4. The van der Waals surface area contributed by atoms with Crippen molar-refractivity contribution in [2.75, 3.05) is 11.9 Å². The van der Waals surface area contributed by atoms with Gasteiger partial charge in [0.25, 0.3) is 0 Å². The van der Waals surface area contributed by atoms with Crippen molar-refractivity contribution in [3.63, 3.8) is 0 Å². The third-order valence-electron chi connectivity index (χ3n) is 4.90. The molecule has 4 heterocycles. The molecule has 3 amide bonds. The molecule has 1 aliphatic rings. The third kappa shape index (κ3) is 3.77. The second kappa shape index (κ2) is 7.66. The standard InChI is InChI=1S/C19H19N7O3/c20-17(27)11-7-12(9-21-8-11)23-18(28)19(29)26-6-2-1-3-16(26)14-5-4-13-15(24-14)10-22-25-13/h4-5,7-10,16H,1-3,6H2,(H2,20,27)(H,22,25)(H,23,28)/t16-/m0/s1. The van der Waals surface area contributed by atoms with Gasteiger partial charge in [-0.05, 0) is 37.5 Å². The van der Waals surface area contributed by atoms with E-state index in [1.807, 2.05) is 12.1 Å². The van der Waals surface area contributed by atoms with Crippen molar-refractivity contribution < 1.29 is 14.4 Å². The number of rotatable bonds is 3. The van der Waals surface area contributed by atoms with Crippen LogP contribution in [-0.2, 0) is 9.59 Å². The Bertz CT molecular complexity index is 1090. The fourth-order valence-electron chi connectivity index (χ4n) is 3.47. The normalized spacial score (nSPS) is 16.6. The summed E-state index contributed by atoms with van der Waals surface area (Å²) in [6.07, 6.45) is 6.72. The second-order valence-corrected chi connectivity index (χ2v) is 6.83. The Balaban J connectivity index is 1.54. The molecular weight excluding hydrogens is 374 g/mol. The number of H-pyrrole nitrogens is 1. The van der Waals surface area contributed by atoms with Gasteiger partial charge < -0.3 is 16.0 Å². The fourth-order valence-corrected chi connectivity index (χ4v) is 3.47. The molecule has 29 heavy (non-hydrogen) atoms. The highest BCUT2D eigenvalue weighted by molar-refractivity contribution is 6.39. The first kappa shape index (κ1) is 18.5. The van der Waals surface area contributed by atoms with Crippen LogP contribution in [0, 0.1) is 0 Å². The van der Waals surface area contributed by atoms with E-state index in [0.29, 0.717) is 18.5 Å². The highest BCUT2D eigenvalue weighted by atomic mass is 16.2. The summed E-state index contributed by atoms with van der Waals surface area (Å²) in [5.74, 6) is -2.13. The maximum Gasteiger partial charge on any atom is 0.313 e. The average molecular weight is 393 g/mol. The van der Waals surface area contributed by atoms with Gasteiger partial charge in [-0.15, -0.1) is 0 Å². The van der Waals surface area contributed by atoms with Crippen LogP contribution in [0.3, 0.4) is 0 Å². The topological polar surface area (TPSA) is 147 Å². The molecule has 10 nitrogen and oxygen atoms in total. The highest BCUT2D eigenvalue weighted by Crippen LogP contribution is 2.30. The van der Waals surface area contributed by atoms with Crippen LogP contribution in [0.5, 0.6) is 0 Å². The van der Waals surface area contributed by atoms with Gasteiger partial charge in [0.2, 0.25) is 5.91 Å². The van der Waals surface area contributed by atoms with Crippen LogP contribution in [0.1, 0.15) is 41.4 Å². The van der Waals surface area contributed by atoms with Crippen molar-refractivity contribution in [1.29, 1.82) is 0 Å². The maximum absolute atomic E-state index is 12.9. The van der Waals surface area contributed by atoms with Gasteiger partial charge in [0.05, 0.1) is 40.9 Å². The molecule has 3 aromatic heterocycles. The number of hydrogen-bond acceptors (Lipinski definition) is 6. The van der Waals surface area contributed by atoms with E-state index in [2.05, 4.69) is 25.5 Å². The predicted molar refractivity (Wildman–Crippen MR) is 104 cm³/mol. The van der Waals surface area contributed by atoms with Gasteiger partial charge in [0.1, 0.15) is 5.52 Å². The molecule has 1 aliphatic heterocycles. The number of hydrogen-bond donors (Lipinski definition) is 3. The number of nitrogens with two attached hydrogens (primary N) is 1. The van der Waals surface area contributed by atoms with E-state index >= 15 is 0 Å². The van der Waals surface area contributed by atoms with Crippen LogP contribution in [0.2, 0.25) is 0 Å². The smallest absolute Gasteiger partial charge is 0.313 e. The van der Waals surface area contributed by atoms with Crippen molar-refractivity contribution in [3.05, 3.63) is 48.0 Å². The minimum Gasteiger partial charge on any atom is -0.366 e. The number of aromatic amines is 1. The molecule has 0 unspecified atom stereocenters. The fraction of sp³-hybridized carbons (Fsp3) is 0.263. The molecule has 1 atom stereocenters. The van der Waals surface area contributed by atoms with Gasteiger partial charge in [-0.25, -0.2) is 4.98 Å². The van der Waals surface area contributed by atoms with Gasteiger partial charge in [-0.1, -0.05) is 0 Å². The number of fused-ring (bicyclic) bond motifs is 1. The number of carbonyl (C=O) groups excluding carboxylic acids is 3. The van der Waals surface area contributed by atoms with Crippen LogP contribution in [0.15, 0.2) is 36.8 Å². The zero-order valence-electron chi connectivity index (χ0n) is 15.5. The summed E-state index contributed by atoms with van der Waals surface area (Å²) in [6.45, 7) is 0.460. The van der Waals surface area contributed by atoms with Crippen molar-refractivity contribution in [3.8, 4) is 0 Å². The third-order valence-corrected chi connectivity index (χ3v) is 4.90.